The van der Waals surface area contributed by atoms with Gasteiger partial charge in [-0.2, -0.15) is 0 Å². The SMILES string of the molecule is O=C(CCN1C(=O)/C(=C/c2ccc([N+](=O)[O-])cc2)SC1=S)NCc1ccccc1. The number of thioether (sulfide) groups is 1. The van der Waals surface area contributed by atoms with Crippen LogP contribution in [0.2, 0.25) is 0 Å². The average Bonchev–Trinajstić information content (AvgIpc) is 2.98. The molecular weight excluding hydrogens is 410 g/mol. The van der Waals surface area contributed by atoms with Crippen LogP contribution in [0.1, 0.15) is 17.5 Å². The highest BCUT2D eigenvalue weighted by Crippen LogP contribution is 2.32. The number of rotatable bonds is 7. The topological polar surface area (TPSA) is 92.5 Å². The molecular formula is C20H17N3O4S2. The number of non-ortho nitro benzene ring substituents is 1. The first-order chi connectivity index (χ1) is 13.9. The van der Waals surface area contributed by atoms with Crippen molar-refractivity contribution in [3.63, 3.8) is 0 Å². The van der Waals surface area contributed by atoms with Gasteiger partial charge in [-0.25, -0.2) is 0 Å². The van der Waals surface area contributed by atoms with Gasteiger partial charge in [0.05, 0.1) is 9.83 Å². The summed E-state index contributed by atoms with van der Waals surface area (Å²) in [5.74, 6) is -0.434. The van der Waals surface area contributed by atoms with Crippen LogP contribution in [0.4, 0.5) is 5.69 Å². The van der Waals surface area contributed by atoms with E-state index in [2.05, 4.69) is 5.32 Å². The van der Waals surface area contributed by atoms with Crippen LogP contribution in [0.25, 0.3) is 6.08 Å². The molecule has 0 bridgehead atoms. The first-order valence-corrected chi connectivity index (χ1v) is 9.97. The zero-order valence-electron chi connectivity index (χ0n) is 15.2. The maximum absolute atomic E-state index is 12.6. The van der Waals surface area contributed by atoms with Gasteiger partial charge in [0.25, 0.3) is 11.6 Å². The Kier molecular flexibility index (Phi) is 6.73. The molecule has 0 aromatic heterocycles. The Labute approximate surface area is 176 Å². The minimum atomic E-state index is -0.480. The van der Waals surface area contributed by atoms with Crippen LogP contribution in [-0.4, -0.2) is 32.5 Å². The number of carbonyl (C=O) groups is 2. The molecule has 0 atom stereocenters. The molecule has 2 amide bonds. The number of amides is 2. The van der Waals surface area contributed by atoms with Crippen molar-refractivity contribution in [2.45, 2.75) is 13.0 Å². The van der Waals surface area contributed by atoms with E-state index in [9.17, 15) is 19.7 Å². The fraction of sp³-hybridized carbons (Fsp3) is 0.150. The summed E-state index contributed by atoms with van der Waals surface area (Å²) >= 11 is 6.42. The van der Waals surface area contributed by atoms with Crippen LogP contribution in [0.15, 0.2) is 59.5 Å². The van der Waals surface area contributed by atoms with Gasteiger partial charge in [0.1, 0.15) is 4.32 Å². The first kappa shape index (κ1) is 20.7. The lowest BCUT2D eigenvalue weighted by Gasteiger charge is -2.14. The molecule has 9 heteroatoms. The summed E-state index contributed by atoms with van der Waals surface area (Å²) in [6, 6.07) is 15.5. The molecule has 1 N–H and O–H groups in total. The van der Waals surface area contributed by atoms with Crippen molar-refractivity contribution in [2.75, 3.05) is 6.54 Å². The van der Waals surface area contributed by atoms with Crippen molar-refractivity contribution in [3.8, 4) is 0 Å². The van der Waals surface area contributed by atoms with Crippen molar-refractivity contribution >= 4 is 51.9 Å². The highest BCUT2D eigenvalue weighted by atomic mass is 32.2. The molecule has 1 aliphatic heterocycles. The van der Waals surface area contributed by atoms with Gasteiger partial charge in [-0.15, -0.1) is 0 Å². The molecule has 7 nitrogen and oxygen atoms in total. The minimum Gasteiger partial charge on any atom is -0.352 e. The standard InChI is InChI=1S/C20H17N3O4S2/c24-18(21-13-15-4-2-1-3-5-15)10-11-22-19(25)17(29-20(22)28)12-14-6-8-16(9-7-14)23(26)27/h1-9,12H,10-11,13H2,(H,21,24)/b17-12-. The van der Waals surface area contributed by atoms with Gasteiger partial charge in [-0.05, 0) is 29.3 Å². The van der Waals surface area contributed by atoms with Crippen LogP contribution < -0.4 is 5.32 Å². The smallest absolute Gasteiger partial charge is 0.269 e. The third kappa shape index (κ3) is 5.49. The van der Waals surface area contributed by atoms with E-state index >= 15 is 0 Å². The number of thiocarbonyl (C=S) groups is 1. The summed E-state index contributed by atoms with van der Waals surface area (Å²) in [6.07, 6.45) is 1.78. The van der Waals surface area contributed by atoms with Crippen molar-refractivity contribution < 1.29 is 14.5 Å². The quantitative estimate of drug-likeness (QED) is 0.315. The van der Waals surface area contributed by atoms with E-state index in [0.29, 0.717) is 21.3 Å². The third-order valence-corrected chi connectivity index (χ3v) is 5.55. The summed E-state index contributed by atoms with van der Waals surface area (Å²) < 4.78 is 0.388. The van der Waals surface area contributed by atoms with E-state index in [1.807, 2.05) is 30.3 Å². The molecule has 29 heavy (non-hydrogen) atoms. The first-order valence-electron chi connectivity index (χ1n) is 8.74. The van der Waals surface area contributed by atoms with Crippen molar-refractivity contribution in [1.29, 1.82) is 0 Å². The predicted octanol–water partition coefficient (Wildman–Crippen LogP) is 3.50. The van der Waals surface area contributed by atoms with Gasteiger partial charge in [-0.3, -0.25) is 24.6 Å². The van der Waals surface area contributed by atoms with E-state index in [1.165, 1.54) is 17.0 Å². The van der Waals surface area contributed by atoms with Crippen LogP contribution >= 0.6 is 24.0 Å². The van der Waals surface area contributed by atoms with Crippen LogP contribution in [0.5, 0.6) is 0 Å². The van der Waals surface area contributed by atoms with Crippen molar-refractivity contribution in [3.05, 3.63) is 80.7 Å². The number of nitrogens with zero attached hydrogens (tertiary/aromatic N) is 2. The molecule has 0 radical (unpaired) electrons. The maximum Gasteiger partial charge on any atom is 0.269 e. The van der Waals surface area contributed by atoms with E-state index in [4.69, 9.17) is 12.2 Å². The summed E-state index contributed by atoms with van der Waals surface area (Å²) in [5, 5.41) is 13.5. The van der Waals surface area contributed by atoms with Gasteiger partial charge in [0.15, 0.2) is 0 Å². The zero-order valence-corrected chi connectivity index (χ0v) is 16.9. The number of hydrogen-bond acceptors (Lipinski definition) is 6. The van der Waals surface area contributed by atoms with Gasteiger partial charge in [0.2, 0.25) is 5.91 Å². The Hall–Kier alpha value is -3.04. The minimum absolute atomic E-state index is 0.0174. The van der Waals surface area contributed by atoms with Crippen LogP contribution in [0, 0.1) is 10.1 Å². The molecule has 1 aliphatic rings. The Morgan fingerprint density at radius 2 is 1.86 bits per heavy atom. The van der Waals surface area contributed by atoms with Gasteiger partial charge < -0.3 is 5.32 Å². The Bertz CT molecular complexity index is 975. The monoisotopic (exact) mass is 427 g/mol. The van der Waals surface area contributed by atoms with Crippen molar-refractivity contribution in [2.24, 2.45) is 0 Å². The van der Waals surface area contributed by atoms with E-state index in [0.717, 1.165) is 17.3 Å². The number of nitro benzene ring substituents is 1. The molecule has 0 aliphatic carbocycles. The largest absolute Gasteiger partial charge is 0.352 e. The molecule has 2 aromatic rings. The zero-order chi connectivity index (χ0) is 20.8. The lowest BCUT2D eigenvalue weighted by atomic mass is 10.2. The number of benzene rings is 2. The van der Waals surface area contributed by atoms with E-state index < -0.39 is 4.92 Å². The molecule has 0 unspecified atom stereocenters. The Balaban J connectivity index is 1.55. The second-order valence-electron chi connectivity index (χ2n) is 6.19. The summed E-state index contributed by atoms with van der Waals surface area (Å²) in [7, 11) is 0. The molecule has 3 rings (SSSR count). The summed E-state index contributed by atoms with van der Waals surface area (Å²) in [5.41, 5.74) is 1.64. The highest BCUT2D eigenvalue weighted by molar-refractivity contribution is 8.26. The van der Waals surface area contributed by atoms with E-state index in [-0.39, 0.29) is 30.5 Å². The molecule has 2 aromatic carbocycles. The average molecular weight is 428 g/mol. The summed E-state index contributed by atoms with van der Waals surface area (Å²) in [6.45, 7) is 0.626. The fourth-order valence-electron chi connectivity index (χ4n) is 2.63. The second kappa shape index (κ2) is 9.44. The summed E-state index contributed by atoms with van der Waals surface area (Å²) in [4.78, 5) is 36.7. The molecule has 0 saturated carbocycles. The van der Waals surface area contributed by atoms with Gasteiger partial charge >= 0.3 is 0 Å². The molecule has 1 saturated heterocycles. The normalized spacial score (nSPS) is 15.0. The fourth-order valence-corrected chi connectivity index (χ4v) is 3.94. The number of carbonyl (C=O) groups excluding carboxylic acids is 2. The molecule has 1 heterocycles. The number of hydrogen-bond donors (Lipinski definition) is 1. The molecule has 1 fully saturated rings. The predicted molar refractivity (Wildman–Crippen MR) is 116 cm³/mol. The van der Waals surface area contributed by atoms with E-state index in [1.54, 1.807) is 18.2 Å². The van der Waals surface area contributed by atoms with Gasteiger partial charge in [0, 0.05) is 31.6 Å². The second-order valence-corrected chi connectivity index (χ2v) is 7.87. The Morgan fingerprint density at radius 3 is 2.52 bits per heavy atom. The third-order valence-electron chi connectivity index (χ3n) is 4.17. The maximum atomic E-state index is 12.6. The lowest BCUT2D eigenvalue weighted by Crippen LogP contribution is -2.33. The number of nitro groups is 1. The molecule has 0 spiro atoms. The Morgan fingerprint density at radius 1 is 1.17 bits per heavy atom. The van der Waals surface area contributed by atoms with Gasteiger partial charge in [-0.1, -0.05) is 54.3 Å². The highest BCUT2D eigenvalue weighted by Gasteiger charge is 2.32. The lowest BCUT2D eigenvalue weighted by molar-refractivity contribution is -0.384. The number of nitrogens with one attached hydrogen (secondary N) is 1. The van der Waals surface area contributed by atoms with Crippen LogP contribution in [0.3, 0.4) is 0 Å². The van der Waals surface area contributed by atoms with Crippen molar-refractivity contribution in [1.82, 2.24) is 10.2 Å². The van der Waals surface area contributed by atoms with Crippen LogP contribution in [-0.2, 0) is 16.1 Å². The molecule has 148 valence electrons.